The number of fused-ring (bicyclic) bond motifs is 1. The Balaban J connectivity index is 1.87. The lowest BCUT2D eigenvalue weighted by atomic mass is 10.2. The number of hydrogen-bond donors (Lipinski definition) is 2. The lowest BCUT2D eigenvalue weighted by molar-refractivity contribution is 0.102. The van der Waals surface area contributed by atoms with Crippen LogP contribution in [0.3, 0.4) is 0 Å². The van der Waals surface area contributed by atoms with Crippen molar-refractivity contribution in [2.24, 2.45) is 0 Å². The van der Waals surface area contributed by atoms with E-state index in [0.29, 0.717) is 16.5 Å². The van der Waals surface area contributed by atoms with E-state index in [4.69, 9.17) is 5.73 Å². The van der Waals surface area contributed by atoms with Crippen LogP contribution in [0.5, 0.6) is 0 Å². The van der Waals surface area contributed by atoms with E-state index in [1.165, 1.54) is 11.3 Å². The number of benzene rings is 1. The zero-order chi connectivity index (χ0) is 13.2. The van der Waals surface area contributed by atoms with Crippen molar-refractivity contribution >= 4 is 39.0 Å². The smallest absolute Gasteiger partial charge is 0.275 e. The van der Waals surface area contributed by atoms with Crippen LogP contribution in [0.15, 0.2) is 41.9 Å². The van der Waals surface area contributed by atoms with Crippen LogP contribution < -0.4 is 11.1 Å². The highest BCUT2D eigenvalue weighted by molar-refractivity contribution is 7.13. The highest BCUT2D eigenvalue weighted by Crippen LogP contribution is 2.18. The third-order valence-corrected chi connectivity index (χ3v) is 3.29. The van der Waals surface area contributed by atoms with Crippen LogP contribution in [-0.2, 0) is 0 Å². The largest absolute Gasteiger partial charge is 0.375 e. The molecule has 2 aromatic heterocycles. The molecule has 2 heterocycles. The van der Waals surface area contributed by atoms with Gasteiger partial charge in [0.25, 0.3) is 5.91 Å². The molecule has 0 aliphatic rings. The van der Waals surface area contributed by atoms with Crippen LogP contribution >= 0.6 is 11.3 Å². The number of hydrogen-bond acceptors (Lipinski definition) is 5. The summed E-state index contributed by atoms with van der Waals surface area (Å²) in [4.78, 5) is 20.1. The first-order valence-electron chi connectivity index (χ1n) is 5.59. The van der Waals surface area contributed by atoms with E-state index in [-0.39, 0.29) is 5.91 Å². The molecular formula is C13H10N4OS. The summed E-state index contributed by atoms with van der Waals surface area (Å²) >= 11 is 1.24. The van der Waals surface area contributed by atoms with E-state index in [2.05, 4.69) is 15.3 Å². The second-order valence-corrected chi connectivity index (χ2v) is 4.83. The molecule has 94 valence electrons. The maximum Gasteiger partial charge on any atom is 0.275 e. The van der Waals surface area contributed by atoms with Crippen molar-refractivity contribution in [3.8, 4) is 0 Å². The van der Waals surface area contributed by atoms with Gasteiger partial charge in [0.1, 0.15) is 5.69 Å². The van der Waals surface area contributed by atoms with Gasteiger partial charge in [0.15, 0.2) is 5.13 Å². The standard InChI is InChI=1S/C13H10N4OS/c14-13-17-11(7-19-13)12(18)16-9-3-4-10-8(6-9)2-1-5-15-10/h1-7H,(H2,14,17)(H,16,18). The molecule has 0 radical (unpaired) electrons. The Morgan fingerprint density at radius 1 is 1.32 bits per heavy atom. The van der Waals surface area contributed by atoms with Gasteiger partial charge in [-0.2, -0.15) is 0 Å². The molecule has 0 saturated carbocycles. The molecule has 5 nitrogen and oxygen atoms in total. The molecule has 0 bridgehead atoms. The normalized spacial score (nSPS) is 10.5. The highest BCUT2D eigenvalue weighted by Gasteiger charge is 2.10. The van der Waals surface area contributed by atoms with Gasteiger partial charge in [-0.15, -0.1) is 11.3 Å². The van der Waals surface area contributed by atoms with Gasteiger partial charge in [0.05, 0.1) is 5.52 Å². The summed E-state index contributed by atoms with van der Waals surface area (Å²) < 4.78 is 0. The molecule has 6 heteroatoms. The average Bonchev–Trinajstić information content (AvgIpc) is 2.85. The van der Waals surface area contributed by atoms with Crippen molar-refractivity contribution in [1.29, 1.82) is 0 Å². The monoisotopic (exact) mass is 270 g/mol. The van der Waals surface area contributed by atoms with Crippen molar-refractivity contribution in [3.63, 3.8) is 0 Å². The predicted molar refractivity (Wildman–Crippen MR) is 76.2 cm³/mol. The molecule has 1 aromatic carbocycles. The average molecular weight is 270 g/mol. The van der Waals surface area contributed by atoms with Crippen LogP contribution in [0.2, 0.25) is 0 Å². The molecule has 3 N–H and O–H groups in total. The maximum atomic E-state index is 11.9. The lowest BCUT2D eigenvalue weighted by Gasteiger charge is -2.04. The Labute approximate surface area is 113 Å². The van der Waals surface area contributed by atoms with Gasteiger partial charge < -0.3 is 11.1 Å². The number of nitrogens with two attached hydrogens (primary N) is 1. The molecule has 0 spiro atoms. The second-order valence-electron chi connectivity index (χ2n) is 3.94. The molecule has 0 atom stereocenters. The molecule has 0 unspecified atom stereocenters. The molecule has 19 heavy (non-hydrogen) atoms. The topological polar surface area (TPSA) is 80.9 Å². The number of anilines is 2. The van der Waals surface area contributed by atoms with Crippen LogP contribution in [0.1, 0.15) is 10.5 Å². The first-order valence-corrected chi connectivity index (χ1v) is 6.47. The minimum atomic E-state index is -0.267. The summed E-state index contributed by atoms with van der Waals surface area (Å²) in [5.74, 6) is -0.267. The summed E-state index contributed by atoms with van der Waals surface area (Å²) in [5.41, 5.74) is 7.42. The molecule has 0 saturated heterocycles. The fourth-order valence-electron chi connectivity index (χ4n) is 1.74. The van der Waals surface area contributed by atoms with Gasteiger partial charge in [0.2, 0.25) is 0 Å². The van der Waals surface area contributed by atoms with Crippen LogP contribution in [0.25, 0.3) is 10.9 Å². The molecule has 3 rings (SSSR count). The quantitative estimate of drug-likeness (QED) is 0.749. The third kappa shape index (κ3) is 2.38. The van der Waals surface area contributed by atoms with E-state index >= 15 is 0 Å². The molecular weight excluding hydrogens is 260 g/mol. The van der Waals surface area contributed by atoms with Gasteiger partial charge in [-0.25, -0.2) is 4.98 Å². The van der Waals surface area contributed by atoms with Crippen molar-refractivity contribution in [2.75, 3.05) is 11.1 Å². The number of rotatable bonds is 2. The summed E-state index contributed by atoms with van der Waals surface area (Å²) in [6, 6.07) is 9.34. The SMILES string of the molecule is Nc1nc(C(=O)Nc2ccc3ncccc3c2)cs1. The summed E-state index contributed by atoms with van der Waals surface area (Å²) in [7, 11) is 0. The van der Waals surface area contributed by atoms with E-state index in [1.54, 1.807) is 11.6 Å². The van der Waals surface area contributed by atoms with Crippen LogP contribution in [-0.4, -0.2) is 15.9 Å². The van der Waals surface area contributed by atoms with Crippen LogP contribution in [0.4, 0.5) is 10.8 Å². The second kappa shape index (κ2) is 4.66. The molecule has 3 aromatic rings. The zero-order valence-electron chi connectivity index (χ0n) is 9.83. The number of aromatic nitrogens is 2. The van der Waals surface area contributed by atoms with Crippen molar-refractivity contribution in [1.82, 2.24) is 9.97 Å². The summed E-state index contributed by atoms with van der Waals surface area (Å²) in [5, 5.41) is 5.77. The van der Waals surface area contributed by atoms with Gasteiger partial charge >= 0.3 is 0 Å². The number of pyridine rings is 1. The number of carbonyl (C=O) groups is 1. The minimum absolute atomic E-state index is 0.267. The van der Waals surface area contributed by atoms with Crippen molar-refractivity contribution in [3.05, 3.63) is 47.6 Å². The molecule has 0 aliphatic heterocycles. The third-order valence-electron chi connectivity index (χ3n) is 2.62. The van der Waals surface area contributed by atoms with Gasteiger partial charge in [0, 0.05) is 22.7 Å². The van der Waals surface area contributed by atoms with E-state index in [9.17, 15) is 4.79 Å². The number of amides is 1. The molecule has 0 aliphatic carbocycles. The Kier molecular flexibility index (Phi) is 2.85. The number of carbonyl (C=O) groups excluding carboxylic acids is 1. The molecule has 1 amide bonds. The zero-order valence-corrected chi connectivity index (χ0v) is 10.6. The fraction of sp³-hybridized carbons (Fsp3) is 0. The number of thiazole rings is 1. The number of nitrogens with zero attached hydrogens (tertiary/aromatic N) is 2. The minimum Gasteiger partial charge on any atom is -0.375 e. The van der Waals surface area contributed by atoms with E-state index < -0.39 is 0 Å². The van der Waals surface area contributed by atoms with E-state index in [0.717, 1.165) is 10.9 Å². The first kappa shape index (κ1) is 11.6. The Morgan fingerprint density at radius 2 is 2.21 bits per heavy atom. The molecule has 0 fully saturated rings. The van der Waals surface area contributed by atoms with Gasteiger partial charge in [-0.3, -0.25) is 9.78 Å². The number of nitrogen functional groups attached to an aromatic ring is 1. The van der Waals surface area contributed by atoms with E-state index in [1.807, 2.05) is 30.3 Å². The lowest BCUT2D eigenvalue weighted by Crippen LogP contribution is -2.12. The summed E-state index contributed by atoms with van der Waals surface area (Å²) in [6.45, 7) is 0. The Bertz CT molecular complexity index is 753. The predicted octanol–water partition coefficient (Wildman–Crippen LogP) is 2.53. The fourth-order valence-corrected chi connectivity index (χ4v) is 2.28. The van der Waals surface area contributed by atoms with Crippen molar-refractivity contribution in [2.45, 2.75) is 0 Å². The number of nitrogens with one attached hydrogen (secondary N) is 1. The van der Waals surface area contributed by atoms with Gasteiger partial charge in [-0.1, -0.05) is 6.07 Å². The first-order chi connectivity index (χ1) is 9.22. The Hall–Kier alpha value is -2.47. The highest BCUT2D eigenvalue weighted by atomic mass is 32.1. The maximum absolute atomic E-state index is 11.9. The van der Waals surface area contributed by atoms with Crippen LogP contribution in [0, 0.1) is 0 Å². The van der Waals surface area contributed by atoms with Crippen molar-refractivity contribution < 1.29 is 4.79 Å². The van der Waals surface area contributed by atoms with Gasteiger partial charge in [-0.05, 0) is 24.3 Å². The summed E-state index contributed by atoms with van der Waals surface area (Å²) in [6.07, 6.45) is 1.73. The Morgan fingerprint density at radius 3 is 3.00 bits per heavy atom.